The summed E-state index contributed by atoms with van der Waals surface area (Å²) in [7, 11) is 0. The molecule has 0 aliphatic carbocycles. The molecule has 0 fully saturated rings. The molecule has 92 valence electrons. The average molecular weight is 249 g/mol. The maximum Gasteiger partial charge on any atom is 0.336 e. The van der Waals surface area contributed by atoms with E-state index in [-0.39, 0.29) is 22.3 Å². The van der Waals surface area contributed by atoms with Crippen LogP contribution in [-0.2, 0) is 0 Å². The van der Waals surface area contributed by atoms with Gasteiger partial charge in [-0.25, -0.2) is 13.6 Å². The van der Waals surface area contributed by atoms with Crippen LogP contribution in [0.2, 0.25) is 0 Å². The third kappa shape index (κ3) is 1.95. The molecule has 0 aliphatic heterocycles. The molecule has 1 aromatic carbocycles. The molecule has 0 saturated heterocycles. The van der Waals surface area contributed by atoms with E-state index in [0.717, 1.165) is 12.3 Å². The lowest BCUT2D eigenvalue weighted by Gasteiger charge is -2.09. The number of aryl methyl sites for hydroxylation is 1. The summed E-state index contributed by atoms with van der Waals surface area (Å²) in [5.74, 6) is -2.84. The van der Waals surface area contributed by atoms with Gasteiger partial charge in [-0.15, -0.1) is 0 Å². The normalized spacial score (nSPS) is 10.4. The number of benzene rings is 1. The molecule has 3 nitrogen and oxygen atoms in total. The minimum Gasteiger partial charge on any atom is -0.478 e. The average Bonchev–Trinajstić information content (AvgIpc) is 2.35. The molecule has 2 aromatic rings. The van der Waals surface area contributed by atoms with Gasteiger partial charge in [-0.3, -0.25) is 4.98 Å². The Morgan fingerprint density at radius 1 is 1.28 bits per heavy atom. The minimum absolute atomic E-state index is 0.0660. The van der Waals surface area contributed by atoms with Gasteiger partial charge in [0.25, 0.3) is 0 Å². The van der Waals surface area contributed by atoms with E-state index in [0.29, 0.717) is 0 Å². The van der Waals surface area contributed by atoms with Crippen molar-refractivity contribution in [2.75, 3.05) is 0 Å². The van der Waals surface area contributed by atoms with Crippen molar-refractivity contribution >= 4 is 5.97 Å². The number of aromatic nitrogens is 1. The molecule has 0 atom stereocenters. The SMILES string of the molecule is Cc1ccc(F)c(-c2cnccc2C(=O)O)c1F. The fraction of sp³-hybridized carbons (Fsp3) is 0.0769. The Kier molecular flexibility index (Phi) is 3.06. The van der Waals surface area contributed by atoms with Crippen molar-refractivity contribution in [3.63, 3.8) is 0 Å². The predicted octanol–water partition coefficient (Wildman–Crippen LogP) is 3.03. The van der Waals surface area contributed by atoms with Gasteiger partial charge in [0.2, 0.25) is 0 Å². The van der Waals surface area contributed by atoms with E-state index in [1.54, 1.807) is 0 Å². The van der Waals surface area contributed by atoms with Crippen LogP contribution in [0.4, 0.5) is 8.78 Å². The van der Waals surface area contributed by atoms with E-state index in [2.05, 4.69) is 4.98 Å². The lowest BCUT2D eigenvalue weighted by Crippen LogP contribution is -2.03. The number of nitrogens with zero attached hydrogens (tertiary/aromatic N) is 1. The summed E-state index contributed by atoms with van der Waals surface area (Å²) in [6.07, 6.45) is 2.41. The van der Waals surface area contributed by atoms with Crippen molar-refractivity contribution in [3.05, 3.63) is 53.4 Å². The molecule has 0 saturated carbocycles. The summed E-state index contributed by atoms with van der Waals surface area (Å²) >= 11 is 0. The lowest BCUT2D eigenvalue weighted by molar-refractivity contribution is 0.0697. The van der Waals surface area contributed by atoms with Gasteiger partial charge in [0.1, 0.15) is 11.6 Å². The molecule has 5 heteroatoms. The maximum absolute atomic E-state index is 13.9. The van der Waals surface area contributed by atoms with E-state index < -0.39 is 17.6 Å². The van der Waals surface area contributed by atoms with E-state index in [4.69, 9.17) is 5.11 Å². The minimum atomic E-state index is -1.26. The first-order chi connectivity index (χ1) is 8.52. The van der Waals surface area contributed by atoms with Gasteiger partial charge in [0, 0.05) is 18.0 Å². The van der Waals surface area contributed by atoms with Crippen molar-refractivity contribution in [2.24, 2.45) is 0 Å². The molecule has 0 aliphatic rings. The molecular weight excluding hydrogens is 240 g/mol. The molecule has 0 bridgehead atoms. The van der Waals surface area contributed by atoms with Gasteiger partial charge in [-0.05, 0) is 24.6 Å². The summed E-state index contributed by atoms with van der Waals surface area (Å²) in [6.45, 7) is 1.48. The monoisotopic (exact) mass is 249 g/mol. The van der Waals surface area contributed by atoms with Crippen LogP contribution in [0.25, 0.3) is 11.1 Å². The molecule has 0 radical (unpaired) electrons. The van der Waals surface area contributed by atoms with E-state index in [1.807, 2.05) is 0 Å². The molecule has 1 aromatic heterocycles. The summed E-state index contributed by atoms with van der Waals surface area (Å²) in [4.78, 5) is 14.7. The largest absolute Gasteiger partial charge is 0.478 e. The second kappa shape index (κ2) is 4.52. The number of carboxylic acids is 1. The van der Waals surface area contributed by atoms with Crippen LogP contribution in [0, 0.1) is 18.6 Å². The fourth-order valence-corrected chi connectivity index (χ4v) is 1.68. The second-order valence-electron chi connectivity index (χ2n) is 3.78. The molecule has 18 heavy (non-hydrogen) atoms. The molecule has 0 unspecified atom stereocenters. The third-order valence-corrected chi connectivity index (χ3v) is 2.61. The van der Waals surface area contributed by atoms with Crippen molar-refractivity contribution in [3.8, 4) is 11.1 Å². The molecule has 2 rings (SSSR count). The van der Waals surface area contributed by atoms with Crippen LogP contribution in [0.5, 0.6) is 0 Å². The van der Waals surface area contributed by atoms with Gasteiger partial charge in [0.15, 0.2) is 0 Å². The van der Waals surface area contributed by atoms with Crippen LogP contribution in [0.1, 0.15) is 15.9 Å². The summed E-state index contributed by atoms with van der Waals surface area (Å²) < 4.78 is 27.6. The highest BCUT2D eigenvalue weighted by Gasteiger charge is 2.19. The number of rotatable bonds is 2. The van der Waals surface area contributed by atoms with Crippen LogP contribution < -0.4 is 0 Å². The molecule has 1 heterocycles. The third-order valence-electron chi connectivity index (χ3n) is 2.61. The Morgan fingerprint density at radius 3 is 2.67 bits per heavy atom. The Morgan fingerprint density at radius 2 is 2.00 bits per heavy atom. The van der Waals surface area contributed by atoms with Gasteiger partial charge < -0.3 is 5.11 Å². The number of halogens is 2. The second-order valence-corrected chi connectivity index (χ2v) is 3.78. The number of hydrogen-bond donors (Lipinski definition) is 1. The van der Waals surface area contributed by atoms with Crippen LogP contribution in [0.15, 0.2) is 30.6 Å². The smallest absolute Gasteiger partial charge is 0.336 e. The summed E-state index contributed by atoms with van der Waals surface area (Å²) in [5.41, 5.74) is -0.371. The number of pyridine rings is 1. The highest BCUT2D eigenvalue weighted by atomic mass is 19.1. The van der Waals surface area contributed by atoms with E-state index in [9.17, 15) is 13.6 Å². The van der Waals surface area contributed by atoms with Gasteiger partial charge in [-0.1, -0.05) is 6.07 Å². The van der Waals surface area contributed by atoms with E-state index >= 15 is 0 Å². The van der Waals surface area contributed by atoms with E-state index in [1.165, 1.54) is 25.3 Å². The highest BCUT2D eigenvalue weighted by Crippen LogP contribution is 2.30. The Hall–Kier alpha value is -2.30. The zero-order chi connectivity index (χ0) is 13.3. The van der Waals surface area contributed by atoms with Crippen molar-refractivity contribution < 1.29 is 18.7 Å². The summed E-state index contributed by atoms with van der Waals surface area (Å²) in [6, 6.07) is 3.61. The van der Waals surface area contributed by atoms with Crippen molar-refractivity contribution in [1.82, 2.24) is 4.98 Å². The fourth-order valence-electron chi connectivity index (χ4n) is 1.68. The molecule has 0 spiro atoms. The zero-order valence-corrected chi connectivity index (χ0v) is 9.45. The number of aromatic carboxylic acids is 1. The highest BCUT2D eigenvalue weighted by molar-refractivity contribution is 5.95. The first kappa shape index (κ1) is 12.2. The molecular formula is C13H9F2NO2. The maximum atomic E-state index is 13.9. The Labute approximate surface area is 102 Å². The summed E-state index contributed by atoms with van der Waals surface area (Å²) in [5, 5.41) is 9.01. The van der Waals surface area contributed by atoms with Crippen molar-refractivity contribution in [1.29, 1.82) is 0 Å². The van der Waals surface area contributed by atoms with Crippen LogP contribution in [0.3, 0.4) is 0 Å². The molecule has 0 amide bonds. The zero-order valence-electron chi connectivity index (χ0n) is 9.45. The predicted molar refractivity (Wildman–Crippen MR) is 61.3 cm³/mol. The molecule has 1 N–H and O–H groups in total. The van der Waals surface area contributed by atoms with Gasteiger partial charge in [-0.2, -0.15) is 0 Å². The van der Waals surface area contributed by atoms with Crippen LogP contribution >= 0.6 is 0 Å². The first-order valence-electron chi connectivity index (χ1n) is 5.14. The lowest BCUT2D eigenvalue weighted by atomic mass is 9.99. The number of carboxylic acid groups (broad SMARTS) is 1. The topological polar surface area (TPSA) is 50.2 Å². The van der Waals surface area contributed by atoms with Gasteiger partial charge >= 0.3 is 5.97 Å². The van der Waals surface area contributed by atoms with Crippen molar-refractivity contribution in [2.45, 2.75) is 6.92 Å². The Bertz CT molecular complexity index is 626. The van der Waals surface area contributed by atoms with Gasteiger partial charge in [0.05, 0.1) is 11.1 Å². The number of hydrogen-bond acceptors (Lipinski definition) is 2. The van der Waals surface area contributed by atoms with Crippen LogP contribution in [-0.4, -0.2) is 16.1 Å². The first-order valence-corrected chi connectivity index (χ1v) is 5.14. The standard InChI is InChI=1S/C13H9F2NO2/c1-7-2-3-10(14)11(12(7)15)9-6-16-5-4-8(9)13(17)18/h2-6H,1H3,(H,17,18). The number of carbonyl (C=O) groups is 1. The Balaban J connectivity index is 2.77. The quantitative estimate of drug-likeness (QED) is 0.889.